The molecule has 3 aromatic rings. The zero-order valence-corrected chi connectivity index (χ0v) is 21.4. The van der Waals surface area contributed by atoms with Gasteiger partial charge in [-0.2, -0.15) is 0 Å². The van der Waals surface area contributed by atoms with Crippen LogP contribution in [0.15, 0.2) is 30.3 Å². The molecule has 0 atom stereocenters. The van der Waals surface area contributed by atoms with Crippen LogP contribution in [0.3, 0.4) is 0 Å². The van der Waals surface area contributed by atoms with E-state index in [1.54, 1.807) is 12.1 Å². The summed E-state index contributed by atoms with van der Waals surface area (Å²) in [6.07, 6.45) is 4.82. The Kier molecular flexibility index (Phi) is 5.70. The standard InChI is InChI=1S/C29H23Cl2NO5/c1-14-7-8-16-21(11-14)37-27-17-6-4-10-32-9-3-2-5-15(26(17)32)12-18(27)22(16)24-23(29(35)36)20(30)13-19(25(24)31)28(33)34/h7-8,11-13H,1-6,9-10H2,(H,33,34)(H,35,36). The molecule has 3 aliphatic heterocycles. The van der Waals surface area contributed by atoms with Crippen molar-refractivity contribution in [2.45, 2.75) is 32.1 Å². The summed E-state index contributed by atoms with van der Waals surface area (Å²) in [5.74, 6) is -1.42. The number of aromatic carboxylic acids is 2. The van der Waals surface area contributed by atoms with E-state index in [2.05, 4.69) is 17.5 Å². The van der Waals surface area contributed by atoms with E-state index in [0.29, 0.717) is 27.9 Å². The van der Waals surface area contributed by atoms with E-state index in [9.17, 15) is 19.8 Å². The van der Waals surface area contributed by atoms with Gasteiger partial charge in [0.25, 0.3) is 0 Å². The number of carbonyl (C=O) groups is 2. The van der Waals surface area contributed by atoms with Gasteiger partial charge in [0.2, 0.25) is 0 Å². The summed E-state index contributed by atoms with van der Waals surface area (Å²) in [7, 11) is 0. The highest BCUT2D eigenvalue weighted by Gasteiger charge is 2.35. The number of fused-ring (bicyclic) bond motifs is 3. The number of halogens is 2. The quantitative estimate of drug-likeness (QED) is 0.373. The van der Waals surface area contributed by atoms with Crippen LogP contribution in [0.25, 0.3) is 12.2 Å². The van der Waals surface area contributed by atoms with E-state index < -0.39 is 11.9 Å². The molecule has 0 aromatic heterocycles. The molecule has 0 spiro atoms. The first-order valence-corrected chi connectivity index (χ1v) is 13.0. The van der Waals surface area contributed by atoms with Crippen LogP contribution in [0.5, 0.6) is 11.5 Å². The summed E-state index contributed by atoms with van der Waals surface area (Å²) >= 11 is 13.1. The van der Waals surface area contributed by atoms with Gasteiger partial charge in [0, 0.05) is 46.3 Å². The maximum Gasteiger partial charge on any atom is 0.337 e. The predicted molar refractivity (Wildman–Crippen MR) is 143 cm³/mol. The van der Waals surface area contributed by atoms with Crippen LogP contribution in [0, 0.1) is 0 Å². The largest absolute Gasteiger partial charge is 0.478 e. The Hall–Kier alpha value is -3.48. The second-order valence-corrected chi connectivity index (χ2v) is 10.5. The molecule has 8 heteroatoms. The lowest BCUT2D eigenvalue weighted by Gasteiger charge is -2.35. The molecule has 6 nitrogen and oxygen atoms in total. The number of hydrogen-bond donors (Lipinski definition) is 2. The number of aryl methyl sites for hydroxylation is 1. The number of hydrogen-bond acceptors (Lipinski definition) is 4. The Morgan fingerprint density at radius 3 is 2.51 bits per heavy atom. The van der Waals surface area contributed by atoms with E-state index in [-0.39, 0.29) is 26.7 Å². The lowest BCUT2D eigenvalue weighted by Crippen LogP contribution is -2.31. The fourth-order valence-corrected chi connectivity index (χ4v) is 6.51. The van der Waals surface area contributed by atoms with Crippen LogP contribution < -0.4 is 20.1 Å². The Bertz CT molecular complexity index is 1650. The van der Waals surface area contributed by atoms with Crippen LogP contribution in [0.2, 0.25) is 10.0 Å². The summed E-state index contributed by atoms with van der Waals surface area (Å²) in [6.45, 7) is 6.00. The van der Waals surface area contributed by atoms with Crippen molar-refractivity contribution in [3.63, 3.8) is 0 Å². The SMILES string of the molecule is C=c1ccc2c(c1)Oc1c(cc3c4c1CCCN4CCCC3)C=2c1c(Cl)c(C(=O)O)cc(Cl)c1C(=O)O. The third-order valence-electron chi connectivity index (χ3n) is 7.43. The molecule has 37 heavy (non-hydrogen) atoms. The van der Waals surface area contributed by atoms with E-state index in [0.717, 1.165) is 62.0 Å². The van der Waals surface area contributed by atoms with Crippen molar-refractivity contribution in [3.05, 3.63) is 84.2 Å². The second kappa shape index (κ2) is 8.82. The third-order valence-corrected chi connectivity index (χ3v) is 8.12. The zero-order chi connectivity index (χ0) is 26.0. The summed E-state index contributed by atoms with van der Waals surface area (Å²) in [6, 6.07) is 8.58. The Labute approximate surface area is 223 Å². The van der Waals surface area contributed by atoms with Gasteiger partial charge in [-0.15, -0.1) is 0 Å². The fraction of sp³-hybridized carbons (Fsp3) is 0.241. The molecule has 2 N–H and O–H groups in total. The number of nitrogens with zero attached hydrogens (tertiary/aromatic N) is 1. The number of carboxylic acids is 2. The van der Waals surface area contributed by atoms with Crippen molar-refractivity contribution < 1.29 is 24.5 Å². The molecular formula is C29H23Cl2NO5. The number of anilines is 1. The van der Waals surface area contributed by atoms with Crippen LogP contribution in [-0.2, 0) is 12.8 Å². The van der Waals surface area contributed by atoms with Gasteiger partial charge in [-0.25, -0.2) is 9.59 Å². The molecule has 3 aliphatic rings. The second-order valence-electron chi connectivity index (χ2n) is 9.68. The molecule has 0 fully saturated rings. The van der Waals surface area contributed by atoms with Crippen LogP contribution in [0.1, 0.15) is 62.2 Å². The molecular weight excluding hydrogens is 513 g/mol. The average molecular weight is 536 g/mol. The highest BCUT2D eigenvalue weighted by molar-refractivity contribution is 6.39. The zero-order valence-electron chi connectivity index (χ0n) is 19.9. The highest BCUT2D eigenvalue weighted by Crippen LogP contribution is 2.49. The van der Waals surface area contributed by atoms with Crippen molar-refractivity contribution in [2.24, 2.45) is 0 Å². The lowest BCUT2D eigenvalue weighted by molar-refractivity contribution is 0.0681. The number of carboxylic acid groups (broad SMARTS) is 2. The summed E-state index contributed by atoms with van der Waals surface area (Å²) < 4.78 is 6.54. The molecule has 0 amide bonds. The minimum atomic E-state index is -1.29. The van der Waals surface area contributed by atoms with Crippen molar-refractivity contribution >= 4 is 53.0 Å². The maximum atomic E-state index is 12.5. The third kappa shape index (κ3) is 3.70. The summed E-state index contributed by atoms with van der Waals surface area (Å²) in [4.78, 5) is 27.0. The molecule has 0 bridgehead atoms. The highest BCUT2D eigenvalue weighted by atomic mass is 35.5. The normalized spacial score (nSPS) is 15.7. The molecule has 0 saturated heterocycles. The molecule has 188 valence electrons. The van der Waals surface area contributed by atoms with Gasteiger partial charge in [0.1, 0.15) is 11.5 Å². The number of benzene rings is 3. The van der Waals surface area contributed by atoms with Gasteiger partial charge >= 0.3 is 11.9 Å². The Balaban J connectivity index is 1.80. The van der Waals surface area contributed by atoms with Gasteiger partial charge in [0.15, 0.2) is 0 Å². The van der Waals surface area contributed by atoms with E-state index in [4.69, 9.17) is 27.9 Å². The Morgan fingerprint density at radius 1 is 0.973 bits per heavy atom. The fourth-order valence-electron chi connectivity index (χ4n) is 5.90. The molecule has 0 aliphatic carbocycles. The molecule has 3 heterocycles. The van der Waals surface area contributed by atoms with Crippen molar-refractivity contribution in [2.75, 3.05) is 18.0 Å². The number of ether oxygens (including phenoxy) is 1. The first-order valence-electron chi connectivity index (χ1n) is 12.2. The van der Waals surface area contributed by atoms with Crippen molar-refractivity contribution in [1.82, 2.24) is 0 Å². The van der Waals surface area contributed by atoms with Gasteiger partial charge in [-0.1, -0.05) is 41.9 Å². The first-order chi connectivity index (χ1) is 17.8. The Morgan fingerprint density at radius 2 is 1.76 bits per heavy atom. The van der Waals surface area contributed by atoms with E-state index >= 15 is 0 Å². The average Bonchev–Trinajstić information content (AvgIpc) is 3.07. The predicted octanol–water partition coefficient (Wildman–Crippen LogP) is 5.24. The van der Waals surface area contributed by atoms with Gasteiger partial charge in [0.05, 0.1) is 21.2 Å². The van der Waals surface area contributed by atoms with Crippen LogP contribution in [0.4, 0.5) is 5.69 Å². The van der Waals surface area contributed by atoms with Crippen molar-refractivity contribution in [3.8, 4) is 11.5 Å². The van der Waals surface area contributed by atoms with E-state index in [1.807, 2.05) is 6.07 Å². The van der Waals surface area contributed by atoms with Crippen LogP contribution in [-0.4, -0.2) is 35.2 Å². The first kappa shape index (κ1) is 23.9. The molecule has 0 unspecified atom stereocenters. The van der Waals surface area contributed by atoms with Crippen molar-refractivity contribution in [1.29, 1.82) is 0 Å². The number of rotatable bonds is 3. The monoisotopic (exact) mass is 535 g/mol. The molecule has 0 radical (unpaired) electrons. The molecule has 0 saturated carbocycles. The molecule has 3 aromatic carbocycles. The summed E-state index contributed by atoms with van der Waals surface area (Å²) in [5, 5.41) is 21.0. The van der Waals surface area contributed by atoms with Crippen LogP contribution >= 0.6 is 23.2 Å². The summed E-state index contributed by atoms with van der Waals surface area (Å²) in [5.41, 5.74) is 4.26. The lowest BCUT2D eigenvalue weighted by atomic mass is 9.84. The minimum absolute atomic E-state index is 0.0788. The molecule has 6 rings (SSSR count). The topological polar surface area (TPSA) is 87.1 Å². The maximum absolute atomic E-state index is 12.5. The minimum Gasteiger partial charge on any atom is -0.478 e. The van der Waals surface area contributed by atoms with Gasteiger partial charge < -0.3 is 19.8 Å². The van der Waals surface area contributed by atoms with Gasteiger partial charge in [-0.05, 0) is 61.1 Å². The smallest absolute Gasteiger partial charge is 0.337 e. The van der Waals surface area contributed by atoms with E-state index in [1.165, 1.54) is 11.3 Å². The van der Waals surface area contributed by atoms with Gasteiger partial charge in [-0.3, -0.25) is 0 Å².